The van der Waals surface area contributed by atoms with Crippen molar-refractivity contribution in [3.63, 3.8) is 0 Å². The van der Waals surface area contributed by atoms with Crippen molar-refractivity contribution in [1.82, 2.24) is 5.32 Å². The van der Waals surface area contributed by atoms with E-state index in [0.29, 0.717) is 18.7 Å². The summed E-state index contributed by atoms with van der Waals surface area (Å²) >= 11 is 9.50. The smallest absolute Gasteiger partial charge is 0.138 e. The Balaban J connectivity index is 1.93. The van der Waals surface area contributed by atoms with Crippen LogP contribution in [0.5, 0.6) is 5.75 Å². The zero-order valence-electron chi connectivity index (χ0n) is 8.09. The first-order valence-electron chi connectivity index (χ1n) is 5.12. The van der Waals surface area contributed by atoms with E-state index in [-0.39, 0.29) is 0 Å². The molecule has 15 heavy (non-hydrogen) atoms. The van der Waals surface area contributed by atoms with E-state index in [0.717, 1.165) is 15.2 Å². The lowest BCUT2D eigenvalue weighted by atomic mass is 10.1. The molecular weight excluding hydrogens is 277 g/mol. The minimum Gasteiger partial charge on any atom is -0.490 e. The maximum atomic E-state index is 6.03. The summed E-state index contributed by atoms with van der Waals surface area (Å²) in [6.07, 6.45) is 2.57. The molecule has 1 N–H and O–H groups in total. The molecule has 4 heteroatoms. The Labute approximate surface area is 102 Å². The van der Waals surface area contributed by atoms with E-state index >= 15 is 0 Å². The number of benzene rings is 1. The molecule has 0 aromatic heterocycles. The van der Waals surface area contributed by atoms with Crippen LogP contribution in [0.2, 0.25) is 5.02 Å². The molecule has 0 saturated heterocycles. The molecule has 1 fully saturated rings. The monoisotopic (exact) mass is 287 g/mol. The van der Waals surface area contributed by atoms with Crippen molar-refractivity contribution in [2.24, 2.45) is 0 Å². The van der Waals surface area contributed by atoms with Gasteiger partial charge in [0.05, 0.1) is 10.5 Å². The van der Waals surface area contributed by atoms with Gasteiger partial charge < -0.3 is 10.1 Å². The largest absolute Gasteiger partial charge is 0.490 e. The van der Waals surface area contributed by atoms with Gasteiger partial charge in [0, 0.05) is 16.6 Å². The van der Waals surface area contributed by atoms with Gasteiger partial charge in [-0.3, -0.25) is 0 Å². The van der Waals surface area contributed by atoms with Crippen LogP contribution in [-0.4, -0.2) is 12.6 Å². The molecule has 1 aromatic rings. The van der Waals surface area contributed by atoms with Crippen LogP contribution in [0.25, 0.3) is 0 Å². The summed E-state index contributed by atoms with van der Waals surface area (Å²) in [6.45, 7) is 0.713. The van der Waals surface area contributed by atoms with E-state index in [4.69, 9.17) is 16.3 Å². The molecule has 1 heterocycles. The van der Waals surface area contributed by atoms with Gasteiger partial charge in [-0.1, -0.05) is 11.6 Å². The summed E-state index contributed by atoms with van der Waals surface area (Å²) in [5, 5.41) is 4.32. The SMILES string of the molecule is Clc1cc(Br)c2c(c1)C(NC1CC1)CO2. The Kier molecular flexibility index (Phi) is 2.42. The summed E-state index contributed by atoms with van der Waals surface area (Å²) in [5.74, 6) is 0.942. The standard InChI is InChI=1S/C11H11BrClNO/c12-9-4-6(13)3-8-10(5-15-11(8)9)14-7-1-2-7/h3-4,7,10,14H,1-2,5H2. The summed E-state index contributed by atoms with van der Waals surface area (Å²) in [5.41, 5.74) is 1.18. The molecule has 1 saturated carbocycles. The Hall–Kier alpha value is -0.250. The molecule has 3 rings (SSSR count). The lowest BCUT2D eigenvalue weighted by Gasteiger charge is -2.10. The molecule has 1 aliphatic carbocycles. The number of ether oxygens (including phenoxy) is 1. The predicted octanol–water partition coefficient (Wildman–Crippen LogP) is 3.29. The highest BCUT2D eigenvalue weighted by Gasteiger charge is 2.31. The molecule has 0 amide bonds. The highest BCUT2D eigenvalue weighted by atomic mass is 79.9. The van der Waals surface area contributed by atoms with Crippen molar-refractivity contribution in [1.29, 1.82) is 0 Å². The van der Waals surface area contributed by atoms with E-state index in [2.05, 4.69) is 21.2 Å². The predicted molar refractivity (Wildman–Crippen MR) is 63.5 cm³/mol. The third-order valence-electron chi connectivity index (χ3n) is 2.82. The molecule has 2 nitrogen and oxygen atoms in total. The van der Waals surface area contributed by atoms with E-state index in [1.807, 2.05) is 12.1 Å². The third kappa shape index (κ3) is 1.88. The topological polar surface area (TPSA) is 21.3 Å². The van der Waals surface area contributed by atoms with Crippen LogP contribution >= 0.6 is 27.5 Å². The molecular formula is C11H11BrClNO. The fourth-order valence-electron chi connectivity index (χ4n) is 1.92. The molecule has 1 aromatic carbocycles. The van der Waals surface area contributed by atoms with E-state index in [1.165, 1.54) is 18.4 Å². The minimum absolute atomic E-state index is 0.308. The molecule has 1 unspecified atom stereocenters. The first-order chi connectivity index (χ1) is 7.24. The van der Waals surface area contributed by atoms with Crippen molar-refractivity contribution in [2.45, 2.75) is 24.9 Å². The zero-order chi connectivity index (χ0) is 10.4. The van der Waals surface area contributed by atoms with Crippen molar-refractivity contribution >= 4 is 27.5 Å². The lowest BCUT2D eigenvalue weighted by molar-refractivity contribution is 0.309. The highest BCUT2D eigenvalue weighted by Crippen LogP contribution is 2.41. The third-order valence-corrected chi connectivity index (χ3v) is 3.63. The number of rotatable bonds is 2. The maximum absolute atomic E-state index is 6.03. The first-order valence-corrected chi connectivity index (χ1v) is 6.29. The van der Waals surface area contributed by atoms with Crippen LogP contribution in [0.15, 0.2) is 16.6 Å². The Bertz CT molecular complexity index is 406. The summed E-state index contributed by atoms with van der Waals surface area (Å²) < 4.78 is 6.61. The Morgan fingerprint density at radius 3 is 2.93 bits per heavy atom. The second-order valence-electron chi connectivity index (χ2n) is 4.11. The van der Waals surface area contributed by atoms with Gasteiger partial charge in [-0.15, -0.1) is 0 Å². The van der Waals surface area contributed by atoms with Crippen molar-refractivity contribution < 1.29 is 4.74 Å². The van der Waals surface area contributed by atoms with Gasteiger partial charge in [-0.05, 0) is 40.9 Å². The summed E-state index contributed by atoms with van der Waals surface area (Å²) in [6, 6.07) is 4.86. The van der Waals surface area contributed by atoms with Gasteiger partial charge in [0.15, 0.2) is 0 Å². The fourth-order valence-corrected chi connectivity index (χ4v) is 2.87. The summed E-state index contributed by atoms with van der Waals surface area (Å²) in [4.78, 5) is 0. The minimum atomic E-state index is 0.308. The fraction of sp³-hybridized carbons (Fsp3) is 0.455. The zero-order valence-corrected chi connectivity index (χ0v) is 10.4. The number of hydrogen-bond donors (Lipinski definition) is 1. The molecule has 0 bridgehead atoms. The van der Waals surface area contributed by atoms with Gasteiger partial charge in [0.25, 0.3) is 0 Å². The first kappa shape index (κ1) is 9.94. The molecule has 1 aliphatic heterocycles. The number of fused-ring (bicyclic) bond motifs is 1. The van der Waals surface area contributed by atoms with Crippen LogP contribution in [0.3, 0.4) is 0 Å². The lowest BCUT2D eigenvalue weighted by Crippen LogP contribution is -2.24. The Morgan fingerprint density at radius 2 is 2.20 bits per heavy atom. The Morgan fingerprint density at radius 1 is 1.40 bits per heavy atom. The normalized spacial score (nSPS) is 23.7. The summed E-state index contributed by atoms with van der Waals surface area (Å²) in [7, 11) is 0. The maximum Gasteiger partial charge on any atom is 0.138 e. The number of halogens is 2. The second-order valence-corrected chi connectivity index (χ2v) is 5.40. The van der Waals surface area contributed by atoms with E-state index < -0.39 is 0 Å². The van der Waals surface area contributed by atoms with Crippen LogP contribution in [0.4, 0.5) is 0 Å². The highest BCUT2D eigenvalue weighted by molar-refractivity contribution is 9.10. The van der Waals surface area contributed by atoms with Gasteiger partial charge in [0.1, 0.15) is 12.4 Å². The van der Waals surface area contributed by atoms with Gasteiger partial charge >= 0.3 is 0 Å². The van der Waals surface area contributed by atoms with E-state index in [9.17, 15) is 0 Å². The quantitative estimate of drug-likeness (QED) is 0.902. The van der Waals surface area contributed by atoms with E-state index in [1.54, 1.807) is 0 Å². The van der Waals surface area contributed by atoms with Gasteiger partial charge in [0.2, 0.25) is 0 Å². The molecule has 0 radical (unpaired) electrons. The number of nitrogens with one attached hydrogen (secondary N) is 1. The van der Waals surface area contributed by atoms with Crippen molar-refractivity contribution in [3.8, 4) is 5.75 Å². The molecule has 1 atom stereocenters. The van der Waals surface area contributed by atoms with Gasteiger partial charge in [-0.2, -0.15) is 0 Å². The second kappa shape index (κ2) is 3.65. The average molecular weight is 289 g/mol. The average Bonchev–Trinajstić information content (AvgIpc) is 2.89. The van der Waals surface area contributed by atoms with Gasteiger partial charge in [-0.25, -0.2) is 0 Å². The molecule has 0 spiro atoms. The van der Waals surface area contributed by atoms with Crippen LogP contribution in [0, 0.1) is 0 Å². The van der Waals surface area contributed by atoms with Crippen LogP contribution in [0.1, 0.15) is 24.4 Å². The number of hydrogen-bond acceptors (Lipinski definition) is 2. The van der Waals surface area contributed by atoms with Crippen LogP contribution < -0.4 is 10.1 Å². The van der Waals surface area contributed by atoms with Crippen molar-refractivity contribution in [2.75, 3.05) is 6.61 Å². The van der Waals surface area contributed by atoms with Crippen molar-refractivity contribution in [3.05, 3.63) is 27.2 Å². The van der Waals surface area contributed by atoms with Crippen LogP contribution in [-0.2, 0) is 0 Å². The molecule has 80 valence electrons. The molecule has 2 aliphatic rings.